The van der Waals surface area contributed by atoms with Crippen LogP contribution in [0, 0.1) is 40.4 Å². The second-order valence-electron chi connectivity index (χ2n) is 10.7. The van der Waals surface area contributed by atoms with Crippen LogP contribution in [-0.2, 0) is 9.59 Å². The Hall–Kier alpha value is -2.12. The predicted octanol–water partition coefficient (Wildman–Crippen LogP) is 2.29. The van der Waals surface area contributed by atoms with Crippen molar-refractivity contribution in [3.63, 3.8) is 0 Å². The lowest BCUT2D eigenvalue weighted by molar-refractivity contribution is -0.147. The van der Waals surface area contributed by atoms with Gasteiger partial charge in [0.2, 0.25) is 11.8 Å². The van der Waals surface area contributed by atoms with Gasteiger partial charge >= 0.3 is 0 Å². The van der Waals surface area contributed by atoms with Crippen molar-refractivity contribution in [3.8, 4) is 12.1 Å². The molecule has 0 N–H and O–H groups in total. The Bertz CT molecular complexity index is 746. The minimum Gasteiger partial charge on any atom is -0.326 e. The molecule has 7 heteroatoms. The molecule has 2 amide bonds. The second kappa shape index (κ2) is 8.10. The van der Waals surface area contributed by atoms with E-state index in [-0.39, 0.29) is 42.5 Å². The van der Waals surface area contributed by atoms with Gasteiger partial charge in [0.05, 0.1) is 25.2 Å². The molecule has 4 saturated carbocycles. The Morgan fingerprint density at radius 2 is 1.23 bits per heavy atom. The molecule has 2 saturated heterocycles. The van der Waals surface area contributed by atoms with E-state index < -0.39 is 0 Å². The Balaban J connectivity index is 1.38. The average Bonchev–Trinajstić information content (AvgIpc) is 3.41. The van der Waals surface area contributed by atoms with Crippen molar-refractivity contribution < 1.29 is 9.59 Å². The minimum absolute atomic E-state index is 0.00847. The number of carbonyl (C=O) groups is 2. The van der Waals surface area contributed by atoms with Crippen molar-refractivity contribution >= 4 is 11.8 Å². The van der Waals surface area contributed by atoms with Crippen LogP contribution < -0.4 is 0 Å². The van der Waals surface area contributed by atoms with Gasteiger partial charge < -0.3 is 9.80 Å². The third-order valence-electron chi connectivity index (χ3n) is 8.77. The minimum atomic E-state index is -0.331. The molecule has 4 aliphatic carbocycles. The van der Waals surface area contributed by atoms with Crippen molar-refractivity contribution in [3.05, 3.63) is 0 Å². The summed E-state index contributed by atoms with van der Waals surface area (Å²) in [5.74, 6) is 2.14. The quantitative estimate of drug-likeness (QED) is 0.677. The molecule has 166 valence electrons. The molecule has 0 aromatic heterocycles. The first kappa shape index (κ1) is 20.8. The van der Waals surface area contributed by atoms with Crippen LogP contribution in [0.2, 0.25) is 0 Å². The fraction of sp³-hybridized carbons (Fsp3) is 0.833. The molecule has 0 unspecified atom stereocenters. The first-order valence-electron chi connectivity index (χ1n) is 12.1. The second-order valence-corrected chi connectivity index (χ2v) is 10.7. The zero-order valence-electron chi connectivity index (χ0n) is 18.3. The number of hydrogen-bond donors (Lipinski definition) is 0. The number of nitrogens with zero attached hydrogens (tertiary/aromatic N) is 5. The number of carbonyl (C=O) groups excluding carboxylic acids is 2. The van der Waals surface area contributed by atoms with Gasteiger partial charge in [-0.05, 0) is 82.0 Å². The van der Waals surface area contributed by atoms with Crippen molar-refractivity contribution in [2.75, 3.05) is 26.2 Å². The van der Waals surface area contributed by atoms with E-state index in [1.54, 1.807) is 9.80 Å². The van der Waals surface area contributed by atoms with E-state index >= 15 is 0 Å². The lowest BCUT2D eigenvalue weighted by atomic mass is 9.52. The summed E-state index contributed by atoms with van der Waals surface area (Å²) in [6.45, 7) is 1.73. The number of likely N-dealkylation sites (tertiary alicyclic amines) is 2. The summed E-state index contributed by atoms with van der Waals surface area (Å²) >= 11 is 0. The Kier molecular flexibility index (Phi) is 5.42. The fourth-order valence-electron chi connectivity index (χ4n) is 7.75. The van der Waals surface area contributed by atoms with Crippen molar-refractivity contribution in [1.29, 1.82) is 10.5 Å². The average molecular weight is 424 g/mol. The third kappa shape index (κ3) is 3.72. The van der Waals surface area contributed by atoms with Crippen molar-refractivity contribution in [2.45, 2.75) is 81.8 Å². The smallest absolute Gasteiger partial charge is 0.237 e. The number of nitriles is 2. The maximum Gasteiger partial charge on any atom is 0.237 e. The largest absolute Gasteiger partial charge is 0.326 e. The van der Waals surface area contributed by atoms with E-state index in [1.165, 1.54) is 19.3 Å². The third-order valence-corrected chi connectivity index (χ3v) is 8.77. The standard InChI is InChI=1S/C24H33N5O2/c25-13-20-3-1-5-28(20)22(30)15-27(16-23(31)29-6-2-4-21(29)14-26)24-10-17-7-18(11-24)9-19(8-17)12-24/h17-21H,1-12,15-16H2/t17?,18?,19?,20-,21-,24?/m0/s1. The van der Waals surface area contributed by atoms with Gasteiger partial charge in [-0.3, -0.25) is 14.5 Å². The van der Waals surface area contributed by atoms with Crippen LogP contribution in [0.15, 0.2) is 0 Å². The van der Waals surface area contributed by atoms with E-state index in [0.717, 1.165) is 62.7 Å². The van der Waals surface area contributed by atoms with E-state index in [9.17, 15) is 20.1 Å². The first-order valence-corrected chi connectivity index (χ1v) is 12.1. The zero-order valence-corrected chi connectivity index (χ0v) is 18.3. The number of amides is 2. The Morgan fingerprint density at radius 3 is 1.61 bits per heavy atom. The summed E-state index contributed by atoms with van der Waals surface area (Å²) in [5.41, 5.74) is -0.0657. The summed E-state index contributed by atoms with van der Waals surface area (Å²) in [7, 11) is 0. The van der Waals surface area contributed by atoms with Crippen molar-refractivity contribution in [2.24, 2.45) is 17.8 Å². The summed E-state index contributed by atoms with van der Waals surface area (Å²) in [4.78, 5) is 32.2. The molecule has 6 aliphatic rings. The molecular formula is C24H33N5O2. The van der Waals surface area contributed by atoms with Gasteiger partial charge in [-0.25, -0.2) is 0 Å². The lowest BCUT2D eigenvalue weighted by Crippen LogP contribution is -2.63. The van der Waals surface area contributed by atoms with Gasteiger partial charge in [-0.15, -0.1) is 0 Å². The summed E-state index contributed by atoms with van der Waals surface area (Å²) in [6, 6.07) is 3.89. The predicted molar refractivity (Wildman–Crippen MR) is 113 cm³/mol. The molecule has 6 fully saturated rings. The SMILES string of the molecule is N#C[C@@H]1CCCN1C(=O)CN(CC(=O)N1CCC[C@H]1C#N)C12CC3CC(CC(C3)C1)C2. The Labute approximate surface area is 184 Å². The molecule has 2 aliphatic heterocycles. The maximum absolute atomic E-state index is 13.3. The molecule has 0 aromatic rings. The van der Waals surface area contributed by atoms with Gasteiger partial charge in [0.1, 0.15) is 12.1 Å². The van der Waals surface area contributed by atoms with E-state index in [2.05, 4.69) is 17.0 Å². The highest BCUT2D eigenvalue weighted by molar-refractivity contribution is 5.82. The van der Waals surface area contributed by atoms with Gasteiger partial charge in [0, 0.05) is 18.6 Å². The summed E-state index contributed by atoms with van der Waals surface area (Å²) in [6.07, 6.45) is 10.4. The lowest BCUT2D eigenvalue weighted by Gasteiger charge is -2.60. The molecule has 7 nitrogen and oxygen atoms in total. The van der Waals surface area contributed by atoms with Crippen LogP contribution in [-0.4, -0.2) is 70.3 Å². The van der Waals surface area contributed by atoms with E-state index in [4.69, 9.17) is 0 Å². The summed E-state index contributed by atoms with van der Waals surface area (Å²) in [5, 5.41) is 18.9. The molecular weight excluding hydrogens is 390 g/mol. The van der Waals surface area contributed by atoms with Gasteiger partial charge in [0.25, 0.3) is 0 Å². The highest BCUT2D eigenvalue weighted by Gasteiger charge is 2.54. The van der Waals surface area contributed by atoms with Crippen LogP contribution in [0.4, 0.5) is 0 Å². The topological polar surface area (TPSA) is 91.4 Å². The molecule has 0 radical (unpaired) electrons. The van der Waals surface area contributed by atoms with Crippen molar-refractivity contribution in [1.82, 2.24) is 14.7 Å². The molecule has 4 bridgehead atoms. The fourth-order valence-corrected chi connectivity index (χ4v) is 7.75. The molecule has 6 rings (SSSR count). The molecule has 31 heavy (non-hydrogen) atoms. The monoisotopic (exact) mass is 423 g/mol. The number of hydrogen-bond acceptors (Lipinski definition) is 5. The van der Waals surface area contributed by atoms with Crippen LogP contribution in [0.3, 0.4) is 0 Å². The van der Waals surface area contributed by atoms with Crippen LogP contribution in [0.5, 0.6) is 0 Å². The van der Waals surface area contributed by atoms with Gasteiger partial charge in [0.15, 0.2) is 0 Å². The van der Waals surface area contributed by atoms with Crippen LogP contribution in [0.25, 0.3) is 0 Å². The molecule has 2 heterocycles. The highest BCUT2D eigenvalue weighted by atomic mass is 16.2. The number of rotatable bonds is 5. The summed E-state index contributed by atoms with van der Waals surface area (Å²) < 4.78 is 0. The van der Waals surface area contributed by atoms with Gasteiger partial charge in [-0.2, -0.15) is 10.5 Å². The Morgan fingerprint density at radius 1 is 0.806 bits per heavy atom. The molecule has 0 aromatic carbocycles. The normalized spacial score (nSPS) is 38.5. The maximum atomic E-state index is 13.3. The van der Waals surface area contributed by atoms with Crippen LogP contribution in [0.1, 0.15) is 64.2 Å². The van der Waals surface area contributed by atoms with Crippen LogP contribution >= 0.6 is 0 Å². The van der Waals surface area contributed by atoms with Gasteiger partial charge in [-0.1, -0.05) is 0 Å². The van der Waals surface area contributed by atoms with E-state index in [1.807, 2.05) is 0 Å². The van der Waals surface area contributed by atoms with E-state index in [0.29, 0.717) is 13.1 Å². The highest BCUT2D eigenvalue weighted by Crippen LogP contribution is 2.57. The molecule has 2 atom stereocenters. The zero-order chi connectivity index (χ0) is 21.6. The first-order chi connectivity index (χ1) is 15.0. The molecule has 0 spiro atoms.